The Labute approximate surface area is 186 Å². The maximum Gasteiger partial charge on any atom is 0.418 e. The van der Waals surface area contributed by atoms with E-state index in [0.717, 1.165) is 12.1 Å². The van der Waals surface area contributed by atoms with Gasteiger partial charge in [0.15, 0.2) is 0 Å². The summed E-state index contributed by atoms with van der Waals surface area (Å²) in [5, 5.41) is 22.5. The first-order chi connectivity index (χ1) is 14.1. The molecule has 2 aromatic rings. The second-order valence-corrected chi connectivity index (χ2v) is 7.52. The average molecular weight is 581 g/mol. The lowest BCUT2D eigenvalue weighted by Crippen LogP contribution is -2.23. The van der Waals surface area contributed by atoms with Gasteiger partial charge in [0.05, 0.1) is 37.2 Å². The van der Waals surface area contributed by atoms with E-state index in [1.165, 1.54) is 6.92 Å². The van der Waals surface area contributed by atoms with Gasteiger partial charge in [-0.15, -0.1) is 0 Å². The third-order valence-electron chi connectivity index (χ3n) is 4.02. The van der Waals surface area contributed by atoms with Crippen molar-refractivity contribution in [1.82, 2.24) is 0 Å². The molecule has 2 aromatic carbocycles. The number of anilines is 2. The Morgan fingerprint density at radius 1 is 0.968 bits per heavy atom. The normalized spacial score (nSPS) is 12.0. The van der Waals surface area contributed by atoms with Gasteiger partial charge >= 0.3 is 12.4 Å². The predicted octanol–water partition coefficient (Wildman–Crippen LogP) is 7.22. The molecule has 0 radical (unpaired) electrons. The van der Waals surface area contributed by atoms with Crippen molar-refractivity contribution in [2.75, 3.05) is 11.4 Å². The number of nitrogens with zero attached hydrogens (tertiary/aromatic N) is 3. The Morgan fingerprint density at radius 3 is 1.97 bits per heavy atom. The quantitative estimate of drug-likeness (QED) is 0.211. The summed E-state index contributed by atoms with van der Waals surface area (Å²) in [6.45, 7) is 0.826. The summed E-state index contributed by atoms with van der Waals surface area (Å²) in [4.78, 5) is 20.6. The largest absolute Gasteiger partial charge is 0.418 e. The van der Waals surface area contributed by atoms with E-state index in [1.54, 1.807) is 0 Å². The molecular formula is C16H9Br2F6N3O4. The molecule has 0 amide bonds. The first-order valence-electron chi connectivity index (χ1n) is 7.98. The molecule has 0 bridgehead atoms. The average Bonchev–Trinajstić information content (AvgIpc) is 2.61. The zero-order chi connectivity index (χ0) is 23.9. The van der Waals surface area contributed by atoms with E-state index in [2.05, 4.69) is 31.9 Å². The topological polar surface area (TPSA) is 89.5 Å². The van der Waals surface area contributed by atoms with Crippen molar-refractivity contribution in [3.05, 3.63) is 64.6 Å². The van der Waals surface area contributed by atoms with Crippen LogP contribution >= 0.6 is 31.9 Å². The van der Waals surface area contributed by atoms with Gasteiger partial charge in [0.25, 0.3) is 11.4 Å². The van der Waals surface area contributed by atoms with Gasteiger partial charge in [0, 0.05) is 17.1 Å². The zero-order valence-electron chi connectivity index (χ0n) is 15.0. The highest BCUT2D eigenvalue weighted by Crippen LogP contribution is 2.50. The molecule has 0 saturated carbocycles. The highest BCUT2D eigenvalue weighted by atomic mass is 79.9. The van der Waals surface area contributed by atoms with Gasteiger partial charge in [-0.3, -0.25) is 20.2 Å². The lowest BCUT2D eigenvalue weighted by atomic mass is 10.1. The number of nitro groups is 2. The number of hydrogen-bond donors (Lipinski definition) is 0. The maximum atomic E-state index is 13.7. The number of nitro benzene ring substituents is 2. The SMILES string of the molecule is CCN(c1ccc(Br)c(C(F)(F)F)c1Br)c1c([N+](=O)[O-])cc([N+](=O)[O-])cc1C(F)(F)F. The van der Waals surface area contributed by atoms with Crippen LogP contribution in [0.3, 0.4) is 0 Å². The van der Waals surface area contributed by atoms with Gasteiger partial charge in [0.2, 0.25) is 0 Å². The van der Waals surface area contributed by atoms with Crippen LogP contribution in [0.15, 0.2) is 33.2 Å². The minimum atomic E-state index is -5.28. The fourth-order valence-corrected chi connectivity index (χ4v) is 4.41. The van der Waals surface area contributed by atoms with Gasteiger partial charge in [-0.2, -0.15) is 26.3 Å². The summed E-state index contributed by atoms with van der Waals surface area (Å²) in [6, 6.07) is 2.38. The fraction of sp³-hybridized carbons (Fsp3) is 0.250. The summed E-state index contributed by atoms with van der Waals surface area (Å²) in [6.07, 6.45) is -10.2. The number of hydrogen-bond acceptors (Lipinski definition) is 5. The smallest absolute Gasteiger partial charge is 0.335 e. The summed E-state index contributed by atoms with van der Waals surface area (Å²) in [5.41, 5.74) is -7.04. The molecule has 0 unspecified atom stereocenters. The molecule has 168 valence electrons. The molecule has 2 rings (SSSR count). The molecular weight excluding hydrogens is 572 g/mol. The van der Waals surface area contributed by atoms with Crippen molar-refractivity contribution in [3.8, 4) is 0 Å². The molecule has 0 heterocycles. The number of benzene rings is 2. The third kappa shape index (κ3) is 4.92. The van der Waals surface area contributed by atoms with Crippen LogP contribution in [-0.4, -0.2) is 16.4 Å². The summed E-state index contributed by atoms with van der Waals surface area (Å²) in [5.74, 6) is 0. The predicted molar refractivity (Wildman–Crippen MR) is 104 cm³/mol. The first kappa shape index (κ1) is 24.8. The highest BCUT2D eigenvalue weighted by molar-refractivity contribution is 9.11. The summed E-state index contributed by atoms with van der Waals surface area (Å²) >= 11 is 5.45. The van der Waals surface area contributed by atoms with Crippen molar-refractivity contribution in [2.24, 2.45) is 0 Å². The molecule has 0 aliphatic heterocycles. The van der Waals surface area contributed by atoms with Crippen LogP contribution < -0.4 is 4.90 Å². The summed E-state index contributed by atoms with van der Waals surface area (Å²) in [7, 11) is 0. The van der Waals surface area contributed by atoms with Crippen LogP contribution in [-0.2, 0) is 12.4 Å². The van der Waals surface area contributed by atoms with Crippen LogP contribution in [0.2, 0.25) is 0 Å². The van der Waals surface area contributed by atoms with Crippen LogP contribution in [0.4, 0.5) is 49.1 Å². The number of halogens is 8. The molecule has 0 spiro atoms. The molecule has 0 N–H and O–H groups in total. The number of rotatable bonds is 5. The molecule has 0 atom stereocenters. The lowest BCUT2D eigenvalue weighted by molar-refractivity contribution is -0.394. The second-order valence-electron chi connectivity index (χ2n) is 5.87. The zero-order valence-corrected chi connectivity index (χ0v) is 18.2. The van der Waals surface area contributed by atoms with Crippen LogP contribution in [0, 0.1) is 20.2 Å². The Bertz CT molecular complexity index is 1060. The Hall–Kier alpha value is -2.42. The van der Waals surface area contributed by atoms with E-state index in [-0.39, 0.29) is 6.07 Å². The third-order valence-corrected chi connectivity index (χ3v) is 5.48. The van der Waals surface area contributed by atoms with Gasteiger partial charge in [-0.25, -0.2) is 0 Å². The van der Waals surface area contributed by atoms with Crippen LogP contribution in [0.1, 0.15) is 18.1 Å². The van der Waals surface area contributed by atoms with Gasteiger partial charge in [-0.1, -0.05) is 15.9 Å². The number of non-ortho nitro benzene ring substituents is 1. The molecule has 0 fully saturated rings. The highest BCUT2D eigenvalue weighted by Gasteiger charge is 2.43. The first-order valence-corrected chi connectivity index (χ1v) is 9.56. The van der Waals surface area contributed by atoms with Crippen molar-refractivity contribution >= 4 is 54.6 Å². The maximum absolute atomic E-state index is 13.7. The Kier molecular flexibility index (Phi) is 6.90. The molecule has 0 saturated heterocycles. The van der Waals surface area contributed by atoms with Gasteiger partial charge < -0.3 is 4.90 Å². The minimum Gasteiger partial charge on any atom is -0.335 e. The number of alkyl halides is 6. The van der Waals surface area contributed by atoms with Crippen LogP contribution in [0.25, 0.3) is 0 Å². The molecule has 31 heavy (non-hydrogen) atoms. The van der Waals surface area contributed by atoms with Gasteiger partial charge in [0.1, 0.15) is 5.69 Å². The minimum absolute atomic E-state index is 0.0996. The molecule has 15 heteroatoms. The van der Waals surface area contributed by atoms with Crippen molar-refractivity contribution < 1.29 is 36.2 Å². The van der Waals surface area contributed by atoms with E-state index in [4.69, 9.17) is 0 Å². The van der Waals surface area contributed by atoms with Crippen molar-refractivity contribution in [1.29, 1.82) is 0 Å². The van der Waals surface area contributed by atoms with Crippen molar-refractivity contribution in [2.45, 2.75) is 19.3 Å². The lowest BCUT2D eigenvalue weighted by Gasteiger charge is -2.28. The molecule has 0 aromatic heterocycles. The summed E-state index contributed by atoms with van der Waals surface area (Å²) < 4.78 is 80.4. The Morgan fingerprint density at radius 2 is 1.55 bits per heavy atom. The van der Waals surface area contributed by atoms with E-state index in [1.807, 2.05) is 0 Å². The standard InChI is InChI=1S/C16H9Br2F6N3O4/c1-2-25(10-4-3-9(17)12(13(10)18)16(22,23)24)14-8(15(19,20)21)5-7(26(28)29)6-11(14)27(30)31/h3-6H,2H2,1H3. The van der Waals surface area contributed by atoms with Gasteiger partial charge in [-0.05, 0) is 35.0 Å². The van der Waals surface area contributed by atoms with E-state index in [9.17, 15) is 46.6 Å². The van der Waals surface area contributed by atoms with E-state index in [0.29, 0.717) is 11.0 Å². The Balaban J connectivity index is 2.97. The molecule has 7 nitrogen and oxygen atoms in total. The second kappa shape index (κ2) is 8.61. The monoisotopic (exact) mass is 579 g/mol. The van der Waals surface area contributed by atoms with E-state index < -0.39 is 71.6 Å². The molecule has 0 aliphatic rings. The van der Waals surface area contributed by atoms with E-state index >= 15 is 0 Å². The fourth-order valence-electron chi connectivity index (χ4n) is 2.81. The molecule has 0 aliphatic carbocycles. The van der Waals surface area contributed by atoms with Crippen LogP contribution in [0.5, 0.6) is 0 Å². The van der Waals surface area contributed by atoms with Crippen molar-refractivity contribution in [3.63, 3.8) is 0 Å².